The molecule has 0 unspecified atom stereocenters. The van der Waals surface area contributed by atoms with Gasteiger partial charge in [0.05, 0.1) is 49.2 Å². The van der Waals surface area contributed by atoms with Crippen LogP contribution in [0.2, 0.25) is 0 Å². The van der Waals surface area contributed by atoms with E-state index in [0.29, 0.717) is 23.2 Å². The van der Waals surface area contributed by atoms with Crippen molar-refractivity contribution in [3.63, 3.8) is 0 Å². The second-order valence-electron chi connectivity index (χ2n) is 8.50. The molecule has 33 heavy (non-hydrogen) atoms. The first-order chi connectivity index (χ1) is 15.4. The van der Waals surface area contributed by atoms with E-state index in [-0.39, 0.29) is 22.5 Å². The number of quaternary nitrogens is 1. The van der Waals surface area contributed by atoms with Gasteiger partial charge in [-0.15, -0.1) is 0 Å². The van der Waals surface area contributed by atoms with Gasteiger partial charge in [-0.3, -0.25) is 14.5 Å². The number of hydrogen-bond donors (Lipinski definition) is 1. The van der Waals surface area contributed by atoms with E-state index in [0.717, 1.165) is 43.0 Å². The first kappa shape index (κ1) is 26.5. The maximum Gasteiger partial charge on any atom is 0.261 e. The van der Waals surface area contributed by atoms with E-state index in [4.69, 9.17) is 5.11 Å². The lowest BCUT2D eigenvalue weighted by Gasteiger charge is -2.35. The molecule has 0 atom stereocenters. The predicted molar refractivity (Wildman–Crippen MR) is 124 cm³/mol. The molecule has 0 radical (unpaired) electrons. The SMILES string of the molecule is CCC[N+](C)(CCC)CCN1C(=O)c2ccccc2C1=O.Cc1ccc(O)cc1S(=O)(=O)[O-]. The molecule has 8 nitrogen and oxygen atoms in total. The summed E-state index contributed by atoms with van der Waals surface area (Å²) >= 11 is 0. The summed E-state index contributed by atoms with van der Waals surface area (Å²) in [7, 11) is -2.25. The molecule has 2 amide bonds. The molecular weight excluding hydrogens is 444 g/mol. The van der Waals surface area contributed by atoms with Crippen molar-refractivity contribution < 1.29 is 32.1 Å². The third-order valence-electron chi connectivity index (χ3n) is 5.71. The summed E-state index contributed by atoms with van der Waals surface area (Å²) in [5.74, 6) is -0.514. The Hall–Kier alpha value is -2.75. The number of phenols is 1. The molecule has 0 saturated heterocycles. The van der Waals surface area contributed by atoms with Gasteiger partial charge in [0.1, 0.15) is 15.9 Å². The number of likely N-dealkylation sites (N-methyl/N-ethyl adjacent to an activating group) is 1. The zero-order valence-corrected chi connectivity index (χ0v) is 20.4. The number of fused-ring (bicyclic) bond motifs is 1. The zero-order valence-electron chi connectivity index (χ0n) is 19.6. The second-order valence-corrected chi connectivity index (χ2v) is 9.85. The molecule has 0 saturated carbocycles. The van der Waals surface area contributed by atoms with Gasteiger partial charge >= 0.3 is 0 Å². The first-order valence-corrected chi connectivity index (χ1v) is 12.4. The molecule has 0 bridgehead atoms. The fourth-order valence-electron chi connectivity index (χ4n) is 4.06. The van der Waals surface area contributed by atoms with Gasteiger partial charge in [0, 0.05) is 0 Å². The number of hydrogen-bond acceptors (Lipinski definition) is 6. The van der Waals surface area contributed by atoms with E-state index in [1.54, 1.807) is 12.1 Å². The van der Waals surface area contributed by atoms with Gasteiger partial charge in [-0.2, -0.15) is 0 Å². The van der Waals surface area contributed by atoms with Gasteiger partial charge < -0.3 is 14.1 Å². The lowest BCUT2D eigenvalue weighted by molar-refractivity contribution is -0.908. The molecular formula is C24H32N2O6S. The number of carbonyl (C=O) groups is 2. The summed E-state index contributed by atoms with van der Waals surface area (Å²) in [6.07, 6.45) is 2.22. The highest BCUT2D eigenvalue weighted by Crippen LogP contribution is 2.23. The summed E-state index contributed by atoms with van der Waals surface area (Å²) in [5, 5.41) is 8.90. The number of benzene rings is 2. The summed E-state index contributed by atoms with van der Waals surface area (Å²) in [6, 6.07) is 10.7. The Bertz CT molecular complexity index is 1070. The van der Waals surface area contributed by atoms with Crippen LogP contribution in [0.1, 0.15) is 53.0 Å². The minimum absolute atomic E-state index is 0.143. The van der Waals surface area contributed by atoms with Gasteiger partial charge in [0.25, 0.3) is 11.8 Å². The van der Waals surface area contributed by atoms with Gasteiger partial charge in [-0.25, -0.2) is 8.42 Å². The largest absolute Gasteiger partial charge is 0.744 e. The van der Waals surface area contributed by atoms with Crippen molar-refractivity contribution in [1.29, 1.82) is 0 Å². The van der Waals surface area contributed by atoms with Crippen molar-refractivity contribution in [2.24, 2.45) is 0 Å². The Morgan fingerprint density at radius 1 is 0.939 bits per heavy atom. The van der Waals surface area contributed by atoms with Crippen molar-refractivity contribution in [1.82, 2.24) is 4.90 Å². The van der Waals surface area contributed by atoms with Gasteiger partial charge in [-0.1, -0.05) is 32.0 Å². The predicted octanol–water partition coefficient (Wildman–Crippen LogP) is 3.15. The Balaban J connectivity index is 0.000000273. The van der Waals surface area contributed by atoms with E-state index >= 15 is 0 Å². The van der Waals surface area contributed by atoms with E-state index < -0.39 is 10.1 Å². The molecule has 1 N–H and O–H groups in total. The van der Waals surface area contributed by atoms with Gasteiger partial charge in [0.2, 0.25) is 0 Å². The quantitative estimate of drug-likeness (QED) is 0.356. The molecule has 1 aliphatic rings. The van der Waals surface area contributed by atoms with Crippen molar-refractivity contribution >= 4 is 21.9 Å². The number of aromatic hydroxyl groups is 1. The van der Waals surface area contributed by atoms with Crippen molar-refractivity contribution in [2.75, 3.05) is 33.2 Å². The lowest BCUT2D eigenvalue weighted by atomic mass is 10.1. The molecule has 180 valence electrons. The number of aryl methyl sites for hydroxylation is 1. The molecule has 2 aromatic carbocycles. The number of imide groups is 1. The normalized spacial score (nSPS) is 13.5. The Morgan fingerprint density at radius 2 is 1.45 bits per heavy atom. The molecule has 1 aliphatic heterocycles. The number of nitrogens with zero attached hydrogens (tertiary/aromatic N) is 2. The second kappa shape index (κ2) is 10.9. The monoisotopic (exact) mass is 476 g/mol. The fraction of sp³-hybridized carbons (Fsp3) is 0.417. The average Bonchev–Trinajstić information content (AvgIpc) is 2.99. The number of amides is 2. The minimum Gasteiger partial charge on any atom is -0.744 e. The minimum atomic E-state index is -4.47. The standard InChI is InChI=1S/C17H25N2O2.C7H8O4S/c1-4-11-19(3,12-5-2)13-10-18-16(20)14-8-6-7-9-15(14)17(18)21;1-5-2-3-6(8)4-7(5)12(9,10)11/h6-9H,4-5,10-13H2,1-3H3;2-4,8H,1H3,(H,9,10,11)/q+1;/p-1. The molecule has 9 heteroatoms. The molecule has 0 fully saturated rings. The number of phenolic OH excluding ortho intramolecular Hbond substituents is 1. The van der Waals surface area contributed by atoms with Gasteiger partial charge in [-0.05, 0) is 49.6 Å². The number of carbonyl (C=O) groups excluding carboxylic acids is 2. The molecule has 3 rings (SSSR count). The number of rotatable bonds is 8. The van der Waals surface area contributed by atoms with Crippen molar-refractivity contribution in [3.05, 3.63) is 59.2 Å². The Morgan fingerprint density at radius 3 is 1.88 bits per heavy atom. The Kier molecular flexibility index (Phi) is 8.76. The van der Waals surface area contributed by atoms with Crippen LogP contribution in [0.3, 0.4) is 0 Å². The summed E-state index contributed by atoms with van der Waals surface area (Å²) in [4.78, 5) is 25.7. The van der Waals surface area contributed by atoms with Crippen LogP contribution < -0.4 is 0 Å². The summed E-state index contributed by atoms with van der Waals surface area (Å²) in [5.41, 5.74) is 1.42. The van der Waals surface area contributed by atoms with Crippen LogP contribution in [0.15, 0.2) is 47.4 Å². The highest BCUT2D eigenvalue weighted by Gasteiger charge is 2.36. The van der Waals surface area contributed by atoms with Crippen LogP contribution >= 0.6 is 0 Å². The summed E-state index contributed by atoms with van der Waals surface area (Å²) < 4.78 is 32.5. The van der Waals surface area contributed by atoms with Gasteiger partial charge in [0.15, 0.2) is 0 Å². The molecule has 0 aliphatic carbocycles. The maximum absolute atomic E-state index is 12.3. The molecule has 0 spiro atoms. The van der Waals surface area contributed by atoms with Crippen LogP contribution in [-0.2, 0) is 10.1 Å². The molecule has 1 heterocycles. The van der Waals surface area contributed by atoms with E-state index in [9.17, 15) is 22.6 Å². The first-order valence-electron chi connectivity index (χ1n) is 11.0. The van der Waals surface area contributed by atoms with Crippen LogP contribution in [0.4, 0.5) is 0 Å². The van der Waals surface area contributed by atoms with Crippen molar-refractivity contribution in [3.8, 4) is 5.75 Å². The fourth-order valence-corrected chi connectivity index (χ4v) is 4.78. The average molecular weight is 477 g/mol. The highest BCUT2D eigenvalue weighted by atomic mass is 32.2. The van der Waals surface area contributed by atoms with Crippen LogP contribution in [0.5, 0.6) is 5.75 Å². The Labute approximate surface area is 195 Å². The lowest BCUT2D eigenvalue weighted by Crippen LogP contribution is -2.50. The third-order valence-corrected chi connectivity index (χ3v) is 6.69. The zero-order chi connectivity index (χ0) is 24.8. The highest BCUT2D eigenvalue weighted by molar-refractivity contribution is 7.85. The van der Waals surface area contributed by atoms with Crippen LogP contribution in [0.25, 0.3) is 0 Å². The van der Waals surface area contributed by atoms with E-state index in [1.807, 2.05) is 12.1 Å². The van der Waals surface area contributed by atoms with Crippen LogP contribution in [-0.4, -0.2) is 72.5 Å². The third kappa shape index (κ3) is 6.63. The van der Waals surface area contributed by atoms with Crippen LogP contribution in [0, 0.1) is 6.92 Å². The molecule has 2 aromatic rings. The molecule has 0 aromatic heterocycles. The topological polar surface area (TPSA) is 115 Å². The summed E-state index contributed by atoms with van der Waals surface area (Å²) in [6.45, 7) is 9.33. The maximum atomic E-state index is 12.3. The van der Waals surface area contributed by atoms with E-state index in [2.05, 4.69) is 20.9 Å². The van der Waals surface area contributed by atoms with Crippen molar-refractivity contribution in [2.45, 2.75) is 38.5 Å². The smallest absolute Gasteiger partial charge is 0.261 e. The van der Waals surface area contributed by atoms with E-state index in [1.165, 1.54) is 24.0 Å².